The summed E-state index contributed by atoms with van der Waals surface area (Å²) >= 11 is 0. The molecule has 1 heterocycles. The number of unbranched alkanes of at least 4 members (excludes halogenated alkanes) is 11. The predicted molar refractivity (Wildman–Crippen MR) is 85.9 cm³/mol. The van der Waals surface area contributed by atoms with Gasteiger partial charge in [0.2, 0.25) is 5.91 Å². The average Bonchev–Trinajstić information content (AvgIpc) is 2.86. The maximum Gasteiger partial charge on any atom is 0.241 e. The maximum atomic E-state index is 11.0. The molecule has 0 N–H and O–H groups in total. The van der Waals surface area contributed by atoms with Crippen LogP contribution in [0.25, 0.3) is 0 Å². The smallest absolute Gasteiger partial charge is 0.241 e. The van der Waals surface area contributed by atoms with Gasteiger partial charge in [-0.1, -0.05) is 84.0 Å². The highest BCUT2D eigenvalue weighted by atomic mass is 16.1. The number of amides is 1. The van der Waals surface area contributed by atoms with Gasteiger partial charge in [-0.05, 0) is 12.8 Å². The van der Waals surface area contributed by atoms with Crippen molar-refractivity contribution in [2.75, 3.05) is 0 Å². The van der Waals surface area contributed by atoms with Crippen molar-refractivity contribution in [1.82, 2.24) is 5.32 Å². The lowest BCUT2D eigenvalue weighted by Gasteiger charge is -2.07. The molecular formula is C18H34NO. The zero-order chi connectivity index (χ0) is 14.5. The van der Waals surface area contributed by atoms with Crippen molar-refractivity contribution in [3.05, 3.63) is 0 Å². The number of nitrogens with zero attached hydrogens (tertiary/aromatic N) is 1. The van der Waals surface area contributed by atoms with E-state index in [-0.39, 0.29) is 5.91 Å². The molecule has 1 radical (unpaired) electrons. The van der Waals surface area contributed by atoms with Crippen LogP contribution in [0.2, 0.25) is 0 Å². The largest absolute Gasteiger partial charge is 0.273 e. The second kappa shape index (κ2) is 12.2. The molecule has 1 aliphatic heterocycles. The van der Waals surface area contributed by atoms with Gasteiger partial charge in [0.05, 0.1) is 6.04 Å². The van der Waals surface area contributed by atoms with Crippen LogP contribution in [0, 0.1) is 0 Å². The van der Waals surface area contributed by atoms with E-state index in [0.717, 1.165) is 12.8 Å². The Morgan fingerprint density at radius 2 is 1.35 bits per heavy atom. The summed E-state index contributed by atoms with van der Waals surface area (Å²) in [6.45, 7) is 2.28. The third-order valence-electron chi connectivity index (χ3n) is 4.41. The Morgan fingerprint density at radius 3 is 1.80 bits per heavy atom. The molecule has 1 unspecified atom stereocenters. The molecule has 0 aromatic carbocycles. The Kier molecular flexibility index (Phi) is 10.7. The molecule has 20 heavy (non-hydrogen) atoms. The molecule has 1 fully saturated rings. The highest BCUT2D eigenvalue weighted by Gasteiger charge is 2.21. The first-order chi connectivity index (χ1) is 9.83. The van der Waals surface area contributed by atoms with Gasteiger partial charge >= 0.3 is 0 Å². The van der Waals surface area contributed by atoms with Gasteiger partial charge in [-0.3, -0.25) is 4.79 Å². The minimum Gasteiger partial charge on any atom is -0.273 e. The van der Waals surface area contributed by atoms with Crippen LogP contribution in [-0.2, 0) is 4.79 Å². The van der Waals surface area contributed by atoms with E-state index in [0.29, 0.717) is 12.5 Å². The van der Waals surface area contributed by atoms with Gasteiger partial charge in [0.1, 0.15) is 0 Å². The minimum absolute atomic E-state index is 0.133. The molecule has 0 aromatic heterocycles. The zero-order valence-corrected chi connectivity index (χ0v) is 13.5. The van der Waals surface area contributed by atoms with E-state index in [1.807, 2.05) is 0 Å². The molecular weight excluding hydrogens is 246 g/mol. The Bertz CT molecular complexity index is 240. The number of carbonyl (C=O) groups is 1. The van der Waals surface area contributed by atoms with E-state index >= 15 is 0 Å². The van der Waals surface area contributed by atoms with Crippen molar-refractivity contribution in [2.45, 2.75) is 109 Å². The van der Waals surface area contributed by atoms with Crippen LogP contribution in [0.15, 0.2) is 0 Å². The van der Waals surface area contributed by atoms with E-state index in [2.05, 4.69) is 12.2 Å². The summed E-state index contributed by atoms with van der Waals surface area (Å²) in [6.07, 6.45) is 19.6. The van der Waals surface area contributed by atoms with Crippen molar-refractivity contribution in [3.8, 4) is 0 Å². The SMILES string of the molecule is CCCCCCCCCCCCCCC1CCC(=O)[N]1. The third-order valence-corrected chi connectivity index (χ3v) is 4.41. The van der Waals surface area contributed by atoms with Crippen LogP contribution < -0.4 is 5.32 Å². The zero-order valence-electron chi connectivity index (χ0n) is 13.5. The molecule has 1 amide bonds. The maximum absolute atomic E-state index is 11.0. The Morgan fingerprint density at radius 1 is 0.850 bits per heavy atom. The van der Waals surface area contributed by atoms with Crippen LogP contribution in [0.1, 0.15) is 103 Å². The lowest BCUT2D eigenvalue weighted by Crippen LogP contribution is -2.16. The molecule has 2 nitrogen and oxygen atoms in total. The standard InChI is InChI=1S/C18H34NO/c1-2-3-4-5-6-7-8-9-10-11-12-13-14-17-15-16-18(20)19-17/h17H,2-16H2,1H3. The first-order valence-electron chi connectivity index (χ1n) is 9.06. The summed E-state index contributed by atoms with van der Waals surface area (Å²) in [5.41, 5.74) is 0. The van der Waals surface area contributed by atoms with Crippen molar-refractivity contribution in [3.63, 3.8) is 0 Å². The topological polar surface area (TPSA) is 31.2 Å². The summed E-state index contributed by atoms with van der Waals surface area (Å²) < 4.78 is 0. The van der Waals surface area contributed by atoms with Gasteiger partial charge in [0.15, 0.2) is 0 Å². The van der Waals surface area contributed by atoms with E-state index in [4.69, 9.17) is 0 Å². The summed E-state index contributed by atoms with van der Waals surface area (Å²) in [6, 6.07) is 0.366. The molecule has 0 aliphatic carbocycles. The number of hydrogen-bond donors (Lipinski definition) is 0. The Balaban J connectivity index is 1.71. The molecule has 0 spiro atoms. The van der Waals surface area contributed by atoms with Crippen LogP contribution in [0.3, 0.4) is 0 Å². The van der Waals surface area contributed by atoms with Crippen molar-refractivity contribution in [1.29, 1.82) is 0 Å². The molecule has 0 saturated carbocycles. The van der Waals surface area contributed by atoms with E-state index in [9.17, 15) is 4.79 Å². The van der Waals surface area contributed by atoms with Gasteiger partial charge < -0.3 is 0 Å². The minimum atomic E-state index is 0.133. The fraction of sp³-hybridized carbons (Fsp3) is 0.944. The van der Waals surface area contributed by atoms with Gasteiger partial charge in [0, 0.05) is 6.42 Å². The third kappa shape index (κ3) is 9.39. The van der Waals surface area contributed by atoms with Crippen LogP contribution in [0.5, 0.6) is 0 Å². The molecule has 0 aromatic rings. The van der Waals surface area contributed by atoms with Crippen molar-refractivity contribution < 1.29 is 4.79 Å². The fourth-order valence-electron chi connectivity index (χ4n) is 3.05. The Hall–Kier alpha value is -0.530. The Labute approximate surface area is 126 Å². The van der Waals surface area contributed by atoms with Crippen LogP contribution in [0.4, 0.5) is 0 Å². The summed E-state index contributed by atoms with van der Waals surface area (Å²) in [7, 11) is 0. The number of carbonyl (C=O) groups excluding carboxylic acids is 1. The normalized spacial score (nSPS) is 18.4. The lowest BCUT2D eigenvalue weighted by atomic mass is 10.0. The second-order valence-corrected chi connectivity index (χ2v) is 6.39. The summed E-state index contributed by atoms with van der Waals surface area (Å²) in [4.78, 5) is 11.0. The molecule has 0 bridgehead atoms. The van der Waals surface area contributed by atoms with Gasteiger partial charge in [-0.2, -0.15) is 0 Å². The van der Waals surface area contributed by atoms with Gasteiger partial charge in [-0.25, -0.2) is 5.32 Å². The molecule has 117 valence electrons. The molecule has 1 rings (SSSR count). The first-order valence-corrected chi connectivity index (χ1v) is 9.06. The van der Waals surface area contributed by atoms with E-state index < -0.39 is 0 Å². The van der Waals surface area contributed by atoms with Crippen molar-refractivity contribution in [2.24, 2.45) is 0 Å². The average molecular weight is 280 g/mol. The fourth-order valence-corrected chi connectivity index (χ4v) is 3.05. The quantitative estimate of drug-likeness (QED) is 0.417. The number of rotatable bonds is 13. The highest BCUT2D eigenvalue weighted by Crippen LogP contribution is 2.17. The highest BCUT2D eigenvalue weighted by molar-refractivity contribution is 5.78. The molecule has 1 atom stereocenters. The number of hydrogen-bond acceptors (Lipinski definition) is 1. The van der Waals surface area contributed by atoms with E-state index in [1.54, 1.807) is 0 Å². The summed E-state index contributed by atoms with van der Waals surface area (Å²) in [5.74, 6) is 0.133. The van der Waals surface area contributed by atoms with Gasteiger partial charge in [0.25, 0.3) is 0 Å². The summed E-state index contributed by atoms with van der Waals surface area (Å²) in [5, 5.41) is 4.14. The molecule has 1 aliphatic rings. The molecule has 1 saturated heterocycles. The van der Waals surface area contributed by atoms with E-state index in [1.165, 1.54) is 77.0 Å². The first kappa shape index (κ1) is 17.5. The second-order valence-electron chi connectivity index (χ2n) is 6.39. The van der Waals surface area contributed by atoms with Crippen LogP contribution in [-0.4, -0.2) is 11.9 Å². The van der Waals surface area contributed by atoms with Crippen molar-refractivity contribution >= 4 is 5.91 Å². The monoisotopic (exact) mass is 280 g/mol. The van der Waals surface area contributed by atoms with Crippen LogP contribution >= 0.6 is 0 Å². The van der Waals surface area contributed by atoms with Gasteiger partial charge in [-0.15, -0.1) is 0 Å². The lowest BCUT2D eigenvalue weighted by molar-refractivity contribution is -0.119. The molecule has 2 heteroatoms. The predicted octanol–water partition coefficient (Wildman–Crippen LogP) is 5.37.